The van der Waals surface area contributed by atoms with Crippen molar-refractivity contribution in [2.24, 2.45) is 0 Å². The highest BCUT2D eigenvalue weighted by molar-refractivity contribution is 5.72. The number of amides is 1. The van der Waals surface area contributed by atoms with Crippen LogP contribution in [0.2, 0.25) is 0 Å². The number of halogens is 3. The largest absolute Gasteiger partial charge is 0.457 e. The molecule has 0 heterocycles. The number of anilines is 1. The molecule has 0 atom stereocenters. The van der Waals surface area contributed by atoms with Crippen molar-refractivity contribution in [3.63, 3.8) is 0 Å². The van der Waals surface area contributed by atoms with Gasteiger partial charge in [-0.05, 0) is 36.4 Å². The van der Waals surface area contributed by atoms with Crippen molar-refractivity contribution in [1.29, 1.82) is 0 Å². The maximum atomic E-state index is 12.8. The molecular formula is C17H16F3NO4. The normalized spacial score (nSPS) is 11.4. The first-order valence-corrected chi connectivity index (χ1v) is 7.14. The number of nitrogens with one attached hydrogen (secondary N) is 1. The molecule has 0 aliphatic carbocycles. The molecule has 0 aliphatic rings. The highest BCUT2D eigenvalue weighted by atomic mass is 19.4. The highest BCUT2D eigenvalue weighted by Crippen LogP contribution is 2.36. The Balaban J connectivity index is 2.40. The van der Waals surface area contributed by atoms with E-state index in [1.165, 1.54) is 32.4 Å². The number of hydrogen-bond donors (Lipinski definition) is 1. The summed E-state index contributed by atoms with van der Waals surface area (Å²) in [5, 5.41) is 2.48. The summed E-state index contributed by atoms with van der Waals surface area (Å²) in [6.07, 6.45) is -4.79. The number of alkyl halides is 3. The summed E-state index contributed by atoms with van der Waals surface area (Å²) in [5.41, 5.74) is 0.0515. The maximum absolute atomic E-state index is 12.8. The molecule has 0 aliphatic heterocycles. The Morgan fingerprint density at radius 3 is 2.40 bits per heavy atom. The van der Waals surface area contributed by atoms with Crippen LogP contribution < -0.4 is 10.1 Å². The summed E-state index contributed by atoms with van der Waals surface area (Å²) >= 11 is 0. The Hall–Kier alpha value is -2.58. The number of benzene rings is 2. The van der Waals surface area contributed by atoms with Gasteiger partial charge in [0.15, 0.2) is 6.29 Å². The van der Waals surface area contributed by atoms with Crippen LogP contribution in [0, 0.1) is 0 Å². The minimum atomic E-state index is -4.47. The fourth-order valence-electron chi connectivity index (χ4n) is 2.20. The molecule has 1 amide bonds. The first-order chi connectivity index (χ1) is 11.9. The zero-order chi connectivity index (χ0) is 18.4. The van der Waals surface area contributed by atoms with Gasteiger partial charge >= 0.3 is 6.18 Å². The molecular weight excluding hydrogens is 339 g/mol. The van der Waals surface area contributed by atoms with Crippen LogP contribution in [0.25, 0.3) is 0 Å². The highest BCUT2D eigenvalue weighted by Gasteiger charge is 2.30. The van der Waals surface area contributed by atoms with E-state index >= 15 is 0 Å². The third-order valence-electron chi connectivity index (χ3n) is 3.31. The average Bonchev–Trinajstić information content (AvgIpc) is 2.58. The molecule has 8 heteroatoms. The van der Waals surface area contributed by atoms with E-state index in [4.69, 9.17) is 14.2 Å². The summed E-state index contributed by atoms with van der Waals surface area (Å²) in [7, 11) is 2.81. The van der Waals surface area contributed by atoms with Crippen LogP contribution in [0.15, 0.2) is 42.5 Å². The molecule has 2 aromatic carbocycles. The van der Waals surface area contributed by atoms with Gasteiger partial charge in [-0.15, -0.1) is 0 Å². The van der Waals surface area contributed by atoms with Gasteiger partial charge in [0.2, 0.25) is 6.41 Å². The van der Waals surface area contributed by atoms with Crippen molar-refractivity contribution in [1.82, 2.24) is 0 Å². The SMILES string of the molecule is COC(OC)c1cc(NC=O)ccc1Oc1cccc(C(F)(F)F)c1. The Morgan fingerprint density at radius 1 is 1.08 bits per heavy atom. The fourth-order valence-corrected chi connectivity index (χ4v) is 2.20. The predicted molar refractivity (Wildman–Crippen MR) is 84.4 cm³/mol. The Kier molecular flexibility index (Phi) is 6.00. The molecule has 0 saturated heterocycles. The van der Waals surface area contributed by atoms with Gasteiger partial charge in [0, 0.05) is 19.9 Å². The number of carbonyl (C=O) groups excluding carboxylic acids is 1. The Labute approximate surface area is 142 Å². The minimum absolute atomic E-state index is 0.0122. The number of ether oxygens (including phenoxy) is 3. The van der Waals surface area contributed by atoms with Crippen molar-refractivity contribution >= 4 is 12.1 Å². The monoisotopic (exact) mass is 355 g/mol. The summed E-state index contributed by atoms with van der Waals surface area (Å²) in [6, 6.07) is 9.12. The van der Waals surface area contributed by atoms with Gasteiger partial charge in [-0.25, -0.2) is 0 Å². The molecule has 0 spiro atoms. The van der Waals surface area contributed by atoms with Gasteiger partial charge in [0.05, 0.1) is 11.1 Å². The minimum Gasteiger partial charge on any atom is -0.457 e. The van der Waals surface area contributed by atoms with Crippen LogP contribution in [0.5, 0.6) is 11.5 Å². The molecule has 134 valence electrons. The van der Waals surface area contributed by atoms with Gasteiger partial charge in [0.1, 0.15) is 11.5 Å². The second-order valence-corrected chi connectivity index (χ2v) is 4.95. The van der Waals surface area contributed by atoms with Crippen molar-refractivity contribution < 1.29 is 32.2 Å². The van der Waals surface area contributed by atoms with E-state index in [-0.39, 0.29) is 11.5 Å². The van der Waals surface area contributed by atoms with Crippen LogP contribution in [0.4, 0.5) is 18.9 Å². The molecule has 0 radical (unpaired) electrons. The predicted octanol–water partition coefficient (Wildman–Crippen LogP) is 4.36. The third-order valence-corrected chi connectivity index (χ3v) is 3.31. The first-order valence-electron chi connectivity index (χ1n) is 7.14. The fraction of sp³-hybridized carbons (Fsp3) is 0.235. The zero-order valence-corrected chi connectivity index (χ0v) is 13.5. The van der Waals surface area contributed by atoms with Crippen molar-refractivity contribution in [3.05, 3.63) is 53.6 Å². The van der Waals surface area contributed by atoms with E-state index in [1.54, 1.807) is 12.1 Å². The molecule has 0 unspecified atom stereocenters. The summed E-state index contributed by atoms with van der Waals surface area (Å²) in [6.45, 7) is 0. The lowest BCUT2D eigenvalue weighted by atomic mass is 10.1. The van der Waals surface area contributed by atoms with E-state index in [0.29, 0.717) is 17.7 Å². The molecule has 0 bridgehead atoms. The molecule has 25 heavy (non-hydrogen) atoms. The van der Waals surface area contributed by atoms with E-state index < -0.39 is 18.0 Å². The number of rotatable bonds is 7. The van der Waals surface area contributed by atoms with Crippen molar-refractivity contribution in [2.45, 2.75) is 12.5 Å². The molecule has 0 aromatic heterocycles. The second kappa shape index (κ2) is 8.00. The van der Waals surface area contributed by atoms with Gasteiger partial charge < -0.3 is 19.5 Å². The molecule has 1 N–H and O–H groups in total. The van der Waals surface area contributed by atoms with Crippen molar-refractivity contribution in [2.75, 3.05) is 19.5 Å². The Morgan fingerprint density at radius 2 is 1.80 bits per heavy atom. The third kappa shape index (κ3) is 4.71. The van der Waals surface area contributed by atoms with Crippen LogP contribution in [-0.2, 0) is 20.4 Å². The van der Waals surface area contributed by atoms with Crippen LogP contribution in [-0.4, -0.2) is 20.6 Å². The van der Waals surface area contributed by atoms with Crippen LogP contribution in [0.3, 0.4) is 0 Å². The number of methoxy groups -OCH3 is 2. The lowest BCUT2D eigenvalue weighted by Crippen LogP contribution is -2.07. The van der Waals surface area contributed by atoms with E-state index in [1.807, 2.05) is 0 Å². The first kappa shape index (κ1) is 18.8. The summed E-state index contributed by atoms with van der Waals surface area (Å²) in [5.74, 6) is 0.252. The standard InChI is InChI=1S/C17H16F3NO4/c1-23-16(24-2)14-9-12(21-10-22)6-7-15(14)25-13-5-3-4-11(8-13)17(18,19)20/h3-10,16H,1-2H3,(H,21,22). The van der Waals surface area contributed by atoms with Gasteiger partial charge in [-0.2, -0.15) is 13.2 Å². The van der Waals surface area contributed by atoms with E-state index in [0.717, 1.165) is 12.1 Å². The maximum Gasteiger partial charge on any atom is 0.416 e. The molecule has 0 fully saturated rings. The molecule has 0 saturated carbocycles. The zero-order valence-electron chi connectivity index (χ0n) is 13.5. The van der Waals surface area contributed by atoms with Crippen LogP contribution in [0.1, 0.15) is 17.4 Å². The lowest BCUT2D eigenvalue weighted by molar-refractivity contribution is -0.137. The number of hydrogen-bond acceptors (Lipinski definition) is 4. The topological polar surface area (TPSA) is 56.8 Å². The number of carbonyl (C=O) groups is 1. The quantitative estimate of drug-likeness (QED) is 0.592. The molecule has 2 rings (SSSR count). The molecule has 5 nitrogen and oxygen atoms in total. The van der Waals surface area contributed by atoms with Crippen molar-refractivity contribution in [3.8, 4) is 11.5 Å². The van der Waals surface area contributed by atoms with Gasteiger partial charge in [0.25, 0.3) is 0 Å². The van der Waals surface area contributed by atoms with Gasteiger partial charge in [-0.1, -0.05) is 6.07 Å². The van der Waals surface area contributed by atoms with Gasteiger partial charge in [-0.3, -0.25) is 4.79 Å². The lowest BCUT2D eigenvalue weighted by Gasteiger charge is -2.19. The molecule has 2 aromatic rings. The average molecular weight is 355 g/mol. The van der Waals surface area contributed by atoms with E-state index in [2.05, 4.69) is 5.32 Å². The summed E-state index contributed by atoms with van der Waals surface area (Å²) in [4.78, 5) is 10.6. The van der Waals surface area contributed by atoms with Crippen LogP contribution >= 0.6 is 0 Å². The Bertz CT molecular complexity index is 730. The van der Waals surface area contributed by atoms with E-state index in [9.17, 15) is 18.0 Å². The summed E-state index contributed by atoms with van der Waals surface area (Å²) < 4.78 is 54.4. The second-order valence-electron chi connectivity index (χ2n) is 4.95. The smallest absolute Gasteiger partial charge is 0.416 e.